The van der Waals surface area contributed by atoms with Gasteiger partial charge in [0.05, 0.1) is 20.3 Å². The summed E-state index contributed by atoms with van der Waals surface area (Å²) in [5.41, 5.74) is 8.39. The number of carbonyl (C=O) groups is 2. The standard InChI is InChI=1S/C20H23N3O4/c1-12(24)13-4-6-14(7-5-13)21-20(25)18-11-17(22-23-18)16-9-8-15(26-2)10-19(16)27-3/h4-10,17-18,22-23H,11H2,1-3H3,(H,21,25). The summed E-state index contributed by atoms with van der Waals surface area (Å²) in [5, 5.41) is 2.86. The number of amides is 1. The normalized spacial score (nSPS) is 18.8. The molecule has 0 aromatic heterocycles. The first-order chi connectivity index (χ1) is 13.0. The number of carbonyl (C=O) groups excluding carboxylic acids is 2. The fourth-order valence-electron chi connectivity index (χ4n) is 3.06. The van der Waals surface area contributed by atoms with Gasteiger partial charge in [-0.15, -0.1) is 0 Å². The second-order valence-electron chi connectivity index (χ2n) is 6.36. The van der Waals surface area contributed by atoms with Gasteiger partial charge in [0.1, 0.15) is 17.5 Å². The van der Waals surface area contributed by atoms with Crippen molar-refractivity contribution in [2.75, 3.05) is 19.5 Å². The van der Waals surface area contributed by atoms with E-state index in [0.717, 1.165) is 5.56 Å². The van der Waals surface area contributed by atoms with Crippen LogP contribution in [-0.2, 0) is 4.79 Å². The number of methoxy groups -OCH3 is 2. The molecule has 3 rings (SSSR count). The van der Waals surface area contributed by atoms with Crippen molar-refractivity contribution < 1.29 is 19.1 Å². The number of ketones is 1. The van der Waals surface area contributed by atoms with Gasteiger partial charge >= 0.3 is 0 Å². The van der Waals surface area contributed by atoms with Crippen molar-refractivity contribution in [1.29, 1.82) is 0 Å². The van der Waals surface area contributed by atoms with Crippen LogP contribution in [-0.4, -0.2) is 32.0 Å². The first kappa shape index (κ1) is 18.9. The summed E-state index contributed by atoms with van der Waals surface area (Å²) < 4.78 is 10.7. The Morgan fingerprint density at radius 3 is 2.41 bits per heavy atom. The zero-order valence-electron chi connectivity index (χ0n) is 15.5. The predicted octanol–water partition coefficient (Wildman–Crippen LogP) is 2.45. The molecule has 1 heterocycles. The highest BCUT2D eigenvalue weighted by Gasteiger charge is 2.31. The van der Waals surface area contributed by atoms with E-state index >= 15 is 0 Å². The van der Waals surface area contributed by atoms with Gasteiger partial charge in [-0.2, -0.15) is 0 Å². The number of Topliss-reactive ketones (excluding diaryl/α,β-unsaturated/α-hetero) is 1. The van der Waals surface area contributed by atoms with Gasteiger partial charge in [0.25, 0.3) is 0 Å². The molecule has 2 aromatic rings. The van der Waals surface area contributed by atoms with Crippen LogP contribution < -0.4 is 25.6 Å². The smallest absolute Gasteiger partial charge is 0.242 e. The molecule has 27 heavy (non-hydrogen) atoms. The van der Waals surface area contributed by atoms with Crippen molar-refractivity contribution in [1.82, 2.24) is 10.9 Å². The lowest BCUT2D eigenvalue weighted by atomic mass is 10.0. The molecule has 0 radical (unpaired) electrons. The van der Waals surface area contributed by atoms with Crippen molar-refractivity contribution in [3.8, 4) is 11.5 Å². The van der Waals surface area contributed by atoms with Crippen LogP contribution >= 0.6 is 0 Å². The molecule has 1 fully saturated rings. The van der Waals surface area contributed by atoms with E-state index in [2.05, 4.69) is 16.2 Å². The molecule has 1 saturated heterocycles. The van der Waals surface area contributed by atoms with E-state index in [1.807, 2.05) is 18.2 Å². The fraction of sp³-hybridized carbons (Fsp3) is 0.300. The Bertz CT molecular complexity index is 836. The molecule has 7 nitrogen and oxygen atoms in total. The fourth-order valence-corrected chi connectivity index (χ4v) is 3.06. The number of hydrogen-bond donors (Lipinski definition) is 3. The van der Waals surface area contributed by atoms with Crippen molar-refractivity contribution in [3.05, 3.63) is 53.6 Å². The highest BCUT2D eigenvalue weighted by Crippen LogP contribution is 2.33. The number of rotatable bonds is 6. The van der Waals surface area contributed by atoms with Crippen molar-refractivity contribution in [3.63, 3.8) is 0 Å². The largest absolute Gasteiger partial charge is 0.497 e. The van der Waals surface area contributed by atoms with Crippen LogP contribution in [0.5, 0.6) is 11.5 Å². The number of nitrogens with one attached hydrogen (secondary N) is 3. The summed E-state index contributed by atoms with van der Waals surface area (Å²) in [5.74, 6) is 1.26. The molecule has 7 heteroatoms. The van der Waals surface area contributed by atoms with Crippen molar-refractivity contribution in [2.45, 2.75) is 25.4 Å². The molecular weight excluding hydrogens is 346 g/mol. The summed E-state index contributed by atoms with van der Waals surface area (Å²) in [6.07, 6.45) is 0.569. The minimum Gasteiger partial charge on any atom is -0.497 e. The van der Waals surface area contributed by atoms with Crippen LogP contribution in [0.1, 0.15) is 35.3 Å². The minimum absolute atomic E-state index is 0.00850. The third kappa shape index (κ3) is 4.27. The lowest BCUT2D eigenvalue weighted by Crippen LogP contribution is -2.39. The summed E-state index contributed by atoms with van der Waals surface area (Å²) in [6.45, 7) is 1.51. The SMILES string of the molecule is COc1ccc(C2CC(C(=O)Nc3ccc(C(C)=O)cc3)NN2)c(OC)c1. The maximum absolute atomic E-state index is 12.5. The number of benzene rings is 2. The number of ether oxygens (including phenoxy) is 2. The van der Waals surface area contributed by atoms with E-state index in [1.165, 1.54) is 6.92 Å². The van der Waals surface area contributed by atoms with Crippen LogP contribution in [0.3, 0.4) is 0 Å². The zero-order chi connectivity index (χ0) is 19.4. The Kier molecular flexibility index (Phi) is 5.73. The molecule has 0 bridgehead atoms. The lowest BCUT2D eigenvalue weighted by Gasteiger charge is -2.15. The van der Waals surface area contributed by atoms with E-state index in [0.29, 0.717) is 29.2 Å². The summed E-state index contributed by atoms with van der Waals surface area (Å²) in [7, 11) is 3.21. The van der Waals surface area contributed by atoms with E-state index < -0.39 is 6.04 Å². The van der Waals surface area contributed by atoms with Crippen molar-refractivity contribution >= 4 is 17.4 Å². The molecule has 0 saturated carbocycles. The molecule has 142 valence electrons. The Morgan fingerprint density at radius 2 is 1.78 bits per heavy atom. The van der Waals surface area contributed by atoms with Gasteiger partial charge in [0.15, 0.2) is 5.78 Å². The first-order valence-corrected chi connectivity index (χ1v) is 8.66. The lowest BCUT2D eigenvalue weighted by molar-refractivity contribution is -0.117. The highest BCUT2D eigenvalue weighted by atomic mass is 16.5. The molecule has 1 aliphatic rings. The van der Waals surface area contributed by atoms with Crippen LogP contribution in [0.25, 0.3) is 0 Å². The van der Waals surface area contributed by atoms with Crippen LogP contribution in [0.4, 0.5) is 5.69 Å². The van der Waals surface area contributed by atoms with E-state index in [-0.39, 0.29) is 17.7 Å². The average molecular weight is 369 g/mol. The van der Waals surface area contributed by atoms with Gasteiger partial charge in [0.2, 0.25) is 5.91 Å². The van der Waals surface area contributed by atoms with Gasteiger partial charge < -0.3 is 14.8 Å². The van der Waals surface area contributed by atoms with Crippen molar-refractivity contribution in [2.24, 2.45) is 0 Å². The monoisotopic (exact) mass is 369 g/mol. The molecule has 3 N–H and O–H groups in total. The Morgan fingerprint density at radius 1 is 1.04 bits per heavy atom. The first-order valence-electron chi connectivity index (χ1n) is 8.66. The molecule has 2 aromatic carbocycles. The number of hydrogen-bond acceptors (Lipinski definition) is 6. The molecule has 0 spiro atoms. The molecule has 1 amide bonds. The summed E-state index contributed by atoms with van der Waals surface area (Å²) in [6, 6.07) is 12.0. The number of anilines is 1. The molecular formula is C20H23N3O4. The van der Waals surface area contributed by atoms with Crippen LogP contribution in [0.15, 0.2) is 42.5 Å². The Labute approximate surface area is 158 Å². The summed E-state index contributed by atoms with van der Waals surface area (Å²) >= 11 is 0. The Hall–Kier alpha value is -2.90. The van der Waals surface area contributed by atoms with Crippen LogP contribution in [0.2, 0.25) is 0 Å². The van der Waals surface area contributed by atoms with Gasteiger partial charge in [-0.05, 0) is 43.7 Å². The van der Waals surface area contributed by atoms with E-state index in [4.69, 9.17) is 9.47 Å². The quantitative estimate of drug-likeness (QED) is 0.678. The molecule has 0 aliphatic carbocycles. The van der Waals surface area contributed by atoms with E-state index in [1.54, 1.807) is 38.5 Å². The van der Waals surface area contributed by atoms with Gasteiger partial charge in [-0.1, -0.05) is 6.07 Å². The third-order valence-electron chi connectivity index (χ3n) is 4.59. The third-order valence-corrected chi connectivity index (χ3v) is 4.59. The second kappa shape index (κ2) is 8.20. The van der Waals surface area contributed by atoms with Gasteiger partial charge in [-0.3, -0.25) is 9.59 Å². The summed E-state index contributed by atoms with van der Waals surface area (Å²) in [4.78, 5) is 23.9. The molecule has 2 atom stereocenters. The maximum Gasteiger partial charge on any atom is 0.242 e. The highest BCUT2D eigenvalue weighted by molar-refractivity contribution is 5.97. The average Bonchev–Trinajstić information content (AvgIpc) is 3.18. The zero-order valence-corrected chi connectivity index (χ0v) is 15.5. The minimum atomic E-state index is -0.394. The van der Waals surface area contributed by atoms with Crippen LogP contribution in [0, 0.1) is 0 Å². The number of hydrazine groups is 1. The molecule has 1 aliphatic heterocycles. The maximum atomic E-state index is 12.5. The second-order valence-corrected chi connectivity index (χ2v) is 6.36. The van der Waals surface area contributed by atoms with Gasteiger partial charge in [-0.25, -0.2) is 10.9 Å². The predicted molar refractivity (Wildman–Crippen MR) is 102 cm³/mol. The Balaban J connectivity index is 1.65. The molecule has 2 unspecified atom stereocenters. The van der Waals surface area contributed by atoms with Gasteiger partial charge in [0, 0.05) is 22.9 Å². The topological polar surface area (TPSA) is 88.7 Å². The van der Waals surface area contributed by atoms with E-state index in [9.17, 15) is 9.59 Å².